The molecule has 0 bridgehead atoms. The Morgan fingerprint density at radius 2 is 2.20 bits per heavy atom. The third-order valence-electron chi connectivity index (χ3n) is 3.20. The van der Waals surface area contributed by atoms with Gasteiger partial charge in [0.2, 0.25) is 11.7 Å². The van der Waals surface area contributed by atoms with E-state index in [1.54, 1.807) is 11.9 Å². The maximum absolute atomic E-state index is 12.1. The van der Waals surface area contributed by atoms with Crippen LogP contribution in [-0.4, -0.2) is 47.4 Å². The lowest BCUT2D eigenvalue weighted by Gasteiger charge is -2.21. The van der Waals surface area contributed by atoms with Crippen molar-refractivity contribution in [2.75, 3.05) is 31.6 Å². The van der Waals surface area contributed by atoms with Crippen molar-refractivity contribution in [3.05, 3.63) is 26.9 Å². The van der Waals surface area contributed by atoms with Crippen LogP contribution in [0.3, 0.4) is 0 Å². The van der Waals surface area contributed by atoms with E-state index in [4.69, 9.17) is 0 Å². The first kappa shape index (κ1) is 14.7. The molecule has 0 aromatic carbocycles. The zero-order chi connectivity index (χ0) is 14.7. The lowest BCUT2D eigenvalue weighted by atomic mass is 10.3. The highest BCUT2D eigenvalue weighted by molar-refractivity contribution is 9.10. The van der Waals surface area contributed by atoms with Crippen LogP contribution in [0, 0.1) is 10.1 Å². The van der Waals surface area contributed by atoms with Crippen molar-refractivity contribution in [3.63, 3.8) is 0 Å². The molecule has 1 fully saturated rings. The fourth-order valence-corrected chi connectivity index (χ4v) is 2.51. The Kier molecular flexibility index (Phi) is 4.53. The summed E-state index contributed by atoms with van der Waals surface area (Å²) in [6, 6.07) is 1.39. The molecule has 1 aliphatic heterocycles. The van der Waals surface area contributed by atoms with Gasteiger partial charge in [0.05, 0.1) is 11.5 Å². The first-order valence-electron chi connectivity index (χ1n) is 6.28. The summed E-state index contributed by atoms with van der Waals surface area (Å²) in [5.74, 6) is 0.176. The van der Waals surface area contributed by atoms with E-state index in [-0.39, 0.29) is 24.0 Å². The first-order chi connectivity index (χ1) is 9.49. The van der Waals surface area contributed by atoms with Crippen LogP contribution < -0.4 is 4.90 Å². The number of hydrogen-bond donors (Lipinski definition) is 0. The molecule has 0 atom stereocenters. The van der Waals surface area contributed by atoms with E-state index in [1.807, 2.05) is 0 Å². The van der Waals surface area contributed by atoms with Gasteiger partial charge in [-0.25, -0.2) is 4.98 Å². The number of likely N-dealkylation sites (tertiary alicyclic amines) is 1. The van der Waals surface area contributed by atoms with Crippen molar-refractivity contribution < 1.29 is 9.72 Å². The predicted molar refractivity (Wildman–Crippen MR) is 77.7 cm³/mol. The van der Waals surface area contributed by atoms with Gasteiger partial charge in [0.1, 0.15) is 0 Å². The zero-order valence-electron chi connectivity index (χ0n) is 11.1. The van der Waals surface area contributed by atoms with E-state index in [2.05, 4.69) is 20.9 Å². The largest absolute Gasteiger partial charge is 0.345 e. The molecule has 2 heterocycles. The summed E-state index contributed by atoms with van der Waals surface area (Å²) in [4.78, 5) is 29.9. The molecule has 0 spiro atoms. The Morgan fingerprint density at radius 1 is 1.55 bits per heavy atom. The summed E-state index contributed by atoms with van der Waals surface area (Å²) in [7, 11) is 1.64. The topological polar surface area (TPSA) is 79.6 Å². The molecule has 0 aliphatic carbocycles. The Hall–Kier alpha value is -1.70. The van der Waals surface area contributed by atoms with E-state index in [0.29, 0.717) is 4.47 Å². The number of nitrogens with zero attached hydrogens (tertiary/aromatic N) is 4. The van der Waals surface area contributed by atoms with Gasteiger partial charge in [0, 0.05) is 36.9 Å². The first-order valence-corrected chi connectivity index (χ1v) is 7.07. The fraction of sp³-hybridized carbons (Fsp3) is 0.500. The fourth-order valence-electron chi connectivity index (χ4n) is 2.19. The SMILES string of the molecule is CN(CC(=O)N1CCCC1)c1ncc(Br)cc1[N+](=O)[O-]. The summed E-state index contributed by atoms with van der Waals surface area (Å²) in [5.41, 5.74) is -0.115. The van der Waals surface area contributed by atoms with Crippen LogP contribution in [0.15, 0.2) is 16.7 Å². The highest BCUT2D eigenvalue weighted by Crippen LogP contribution is 2.27. The molecule has 0 unspecified atom stereocenters. The van der Waals surface area contributed by atoms with E-state index < -0.39 is 4.92 Å². The maximum Gasteiger partial charge on any atom is 0.312 e. The molecule has 0 radical (unpaired) electrons. The molecule has 8 heteroatoms. The highest BCUT2D eigenvalue weighted by atomic mass is 79.9. The van der Waals surface area contributed by atoms with Gasteiger partial charge in [-0.3, -0.25) is 14.9 Å². The Bertz CT molecular complexity index is 531. The van der Waals surface area contributed by atoms with Crippen LogP contribution in [-0.2, 0) is 4.79 Å². The van der Waals surface area contributed by atoms with Crippen LogP contribution in [0.4, 0.5) is 11.5 Å². The van der Waals surface area contributed by atoms with Gasteiger partial charge in [0.25, 0.3) is 0 Å². The predicted octanol–water partition coefficient (Wildman–Crippen LogP) is 1.81. The molecule has 1 aromatic heterocycles. The standard InChI is InChI=1S/C12H15BrN4O3/c1-15(8-11(18)16-4-2-3-5-16)12-10(17(19)20)6-9(13)7-14-12/h6-7H,2-5,8H2,1H3. The van der Waals surface area contributed by atoms with Gasteiger partial charge in [-0.15, -0.1) is 0 Å². The quantitative estimate of drug-likeness (QED) is 0.615. The minimum atomic E-state index is -0.496. The van der Waals surface area contributed by atoms with Crippen LogP contribution in [0.2, 0.25) is 0 Å². The van der Waals surface area contributed by atoms with Crippen molar-refractivity contribution in [1.82, 2.24) is 9.88 Å². The summed E-state index contributed by atoms with van der Waals surface area (Å²) in [6.45, 7) is 1.63. The van der Waals surface area contributed by atoms with Gasteiger partial charge < -0.3 is 9.80 Å². The number of halogens is 1. The molecule has 7 nitrogen and oxygen atoms in total. The van der Waals surface area contributed by atoms with E-state index >= 15 is 0 Å². The average Bonchev–Trinajstić information content (AvgIpc) is 2.92. The molecular formula is C12H15BrN4O3. The lowest BCUT2D eigenvalue weighted by molar-refractivity contribution is -0.384. The molecule has 1 aromatic rings. The molecule has 0 N–H and O–H groups in total. The van der Waals surface area contributed by atoms with Crippen molar-refractivity contribution in [1.29, 1.82) is 0 Å². The summed E-state index contributed by atoms with van der Waals surface area (Å²) in [5, 5.41) is 11.0. The Morgan fingerprint density at radius 3 is 2.80 bits per heavy atom. The van der Waals surface area contributed by atoms with E-state index in [9.17, 15) is 14.9 Å². The van der Waals surface area contributed by atoms with E-state index in [0.717, 1.165) is 25.9 Å². The minimum Gasteiger partial charge on any atom is -0.345 e. The van der Waals surface area contributed by atoms with Gasteiger partial charge in [-0.1, -0.05) is 0 Å². The van der Waals surface area contributed by atoms with Crippen LogP contribution in [0.25, 0.3) is 0 Å². The second kappa shape index (κ2) is 6.17. The van der Waals surface area contributed by atoms with Gasteiger partial charge in [-0.2, -0.15) is 0 Å². The number of amides is 1. The molecule has 1 saturated heterocycles. The summed E-state index contributed by atoms with van der Waals surface area (Å²) in [6.07, 6.45) is 3.53. The van der Waals surface area contributed by atoms with Gasteiger partial charge in [-0.05, 0) is 28.8 Å². The monoisotopic (exact) mass is 342 g/mol. The third kappa shape index (κ3) is 3.24. The molecule has 1 amide bonds. The Labute approximate surface area is 124 Å². The second-order valence-electron chi connectivity index (χ2n) is 4.70. The van der Waals surface area contributed by atoms with Gasteiger partial charge in [0.15, 0.2) is 0 Å². The minimum absolute atomic E-state index is 0.0241. The number of nitro groups is 1. The third-order valence-corrected chi connectivity index (χ3v) is 3.64. The molecule has 2 rings (SSSR count). The van der Waals surface area contributed by atoms with Crippen LogP contribution in [0.1, 0.15) is 12.8 Å². The van der Waals surface area contributed by atoms with Crippen LogP contribution >= 0.6 is 15.9 Å². The van der Waals surface area contributed by atoms with Crippen molar-refractivity contribution >= 4 is 33.3 Å². The average molecular weight is 343 g/mol. The van der Waals surface area contributed by atoms with E-state index in [1.165, 1.54) is 17.2 Å². The van der Waals surface area contributed by atoms with Gasteiger partial charge >= 0.3 is 5.69 Å². The number of rotatable bonds is 4. The second-order valence-corrected chi connectivity index (χ2v) is 5.61. The normalized spacial score (nSPS) is 14.4. The number of carbonyl (C=O) groups is 1. The molecule has 0 saturated carbocycles. The van der Waals surface area contributed by atoms with Crippen molar-refractivity contribution in [3.8, 4) is 0 Å². The number of pyridine rings is 1. The molecule has 108 valence electrons. The molecular weight excluding hydrogens is 328 g/mol. The summed E-state index contributed by atoms with van der Waals surface area (Å²) >= 11 is 3.16. The van der Waals surface area contributed by atoms with Crippen molar-refractivity contribution in [2.24, 2.45) is 0 Å². The lowest BCUT2D eigenvalue weighted by Crippen LogP contribution is -2.37. The molecule has 1 aliphatic rings. The number of aromatic nitrogens is 1. The number of anilines is 1. The molecule has 20 heavy (non-hydrogen) atoms. The zero-order valence-corrected chi connectivity index (χ0v) is 12.7. The smallest absolute Gasteiger partial charge is 0.312 e. The number of hydrogen-bond acceptors (Lipinski definition) is 5. The highest BCUT2D eigenvalue weighted by Gasteiger charge is 2.24. The maximum atomic E-state index is 12.1. The number of carbonyl (C=O) groups excluding carboxylic acids is 1. The van der Waals surface area contributed by atoms with Crippen molar-refractivity contribution in [2.45, 2.75) is 12.8 Å². The summed E-state index contributed by atoms with van der Waals surface area (Å²) < 4.78 is 0.534. The Balaban J connectivity index is 2.14. The van der Waals surface area contributed by atoms with Crippen LogP contribution in [0.5, 0.6) is 0 Å². The number of likely N-dealkylation sites (N-methyl/N-ethyl adjacent to an activating group) is 1.